The maximum absolute atomic E-state index is 6.36. The first-order chi connectivity index (χ1) is 15.7. The average molecular weight is 448 g/mol. The highest BCUT2D eigenvalue weighted by atomic mass is 35.5. The van der Waals surface area contributed by atoms with Crippen LogP contribution >= 0.6 is 11.6 Å². The molecule has 0 amide bonds. The van der Waals surface area contributed by atoms with Crippen LogP contribution < -0.4 is 10.1 Å². The second-order valence-corrected chi connectivity index (χ2v) is 8.29. The molecule has 1 saturated carbocycles. The quantitative estimate of drug-likeness (QED) is 0.412. The second kappa shape index (κ2) is 8.92. The Hall–Kier alpha value is -3.52. The van der Waals surface area contributed by atoms with Crippen LogP contribution in [0.2, 0.25) is 5.02 Å². The van der Waals surface area contributed by atoms with Gasteiger partial charge in [-0.25, -0.2) is 14.6 Å². The number of hydrogen-bond acceptors (Lipinski definition) is 7. The summed E-state index contributed by atoms with van der Waals surface area (Å²) >= 11 is 6.36. The molecule has 2 aromatic carbocycles. The van der Waals surface area contributed by atoms with Gasteiger partial charge in [-0.05, 0) is 65.4 Å². The molecule has 0 radical (unpaired) electrons. The second-order valence-electron chi connectivity index (χ2n) is 7.89. The molecule has 1 N–H and O–H groups in total. The van der Waals surface area contributed by atoms with Crippen molar-refractivity contribution in [1.82, 2.24) is 30.2 Å². The molecule has 2 aromatic heterocycles. The van der Waals surface area contributed by atoms with Gasteiger partial charge in [0, 0.05) is 23.6 Å². The van der Waals surface area contributed by atoms with Crippen molar-refractivity contribution >= 4 is 23.2 Å². The maximum atomic E-state index is 6.36. The van der Waals surface area contributed by atoms with Crippen LogP contribution in [0.3, 0.4) is 0 Å². The van der Waals surface area contributed by atoms with Crippen molar-refractivity contribution in [3.05, 3.63) is 71.8 Å². The molecular weight excluding hydrogens is 426 g/mol. The molecule has 5 rings (SSSR count). The Morgan fingerprint density at radius 3 is 2.69 bits per heavy atom. The minimum absolute atomic E-state index is 0.166. The lowest BCUT2D eigenvalue weighted by Gasteiger charge is -2.16. The van der Waals surface area contributed by atoms with Crippen molar-refractivity contribution in [1.29, 1.82) is 0 Å². The van der Waals surface area contributed by atoms with Gasteiger partial charge in [0.1, 0.15) is 18.2 Å². The van der Waals surface area contributed by atoms with Crippen LogP contribution in [-0.2, 0) is 6.54 Å². The Morgan fingerprint density at radius 2 is 1.94 bits per heavy atom. The standard InChI is InChI=1S/C23H22ClN7O/c1-15(13-31-14-27-29-30-31)32-22-10-17(8-9-20(22)24)18-11-25-23(26-12-18)28-21-5-3-2-4-19(21)16-6-7-16/h2-5,8-12,14-16H,6-7,13H2,1H3,(H,25,26,28)/t15-/m0/s1. The van der Waals surface area contributed by atoms with Crippen molar-refractivity contribution < 1.29 is 4.74 Å². The minimum atomic E-state index is -0.166. The summed E-state index contributed by atoms with van der Waals surface area (Å²) in [5, 5.41) is 15.0. The summed E-state index contributed by atoms with van der Waals surface area (Å²) in [6.07, 6.45) is 7.47. The molecule has 1 aliphatic rings. The highest BCUT2D eigenvalue weighted by Gasteiger charge is 2.25. The number of anilines is 2. The molecule has 1 aliphatic carbocycles. The molecule has 0 bridgehead atoms. The first-order valence-electron chi connectivity index (χ1n) is 10.5. The first kappa shape index (κ1) is 20.4. The fourth-order valence-corrected chi connectivity index (χ4v) is 3.74. The van der Waals surface area contributed by atoms with Crippen LogP contribution in [-0.4, -0.2) is 36.3 Å². The monoisotopic (exact) mass is 447 g/mol. The van der Waals surface area contributed by atoms with Crippen LogP contribution in [0.5, 0.6) is 5.75 Å². The number of nitrogens with one attached hydrogen (secondary N) is 1. The van der Waals surface area contributed by atoms with E-state index in [0.717, 1.165) is 16.8 Å². The van der Waals surface area contributed by atoms with Crippen LogP contribution in [0.25, 0.3) is 11.1 Å². The molecule has 0 unspecified atom stereocenters. The normalized spacial score (nSPS) is 14.2. The lowest BCUT2D eigenvalue weighted by molar-refractivity contribution is 0.193. The molecule has 4 aromatic rings. The number of hydrogen-bond donors (Lipinski definition) is 1. The molecule has 162 valence electrons. The fourth-order valence-electron chi connectivity index (χ4n) is 3.58. The summed E-state index contributed by atoms with van der Waals surface area (Å²) in [6.45, 7) is 2.45. The van der Waals surface area contributed by atoms with Gasteiger partial charge >= 0.3 is 0 Å². The predicted octanol–water partition coefficient (Wildman–Crippen LogP) is 4.87. The van der Waals surface area contributed by atoms with Crippen molar-refractivity contribution in [2.45, 2.75) is 38.3 Å². The van der Waals surface area contributed by atoms with E-state index in [1.165, 1.54) is 18.4 Å². The third-order valence-corrected chi connectivity index (χ3v) is 5.62. The van der Waals surface area contributed by atoms with Crippen LogP contribution in [0.1, 0.15) is 31.2 Å². The van der Waals surface area contributed by atoms with Crippen molar-refractivity contribution in [2.75, 3.05) is 5.32 Å². The van der Waals surface area contributed by atoms with E-state index >= 15 is 0 Å². The predicted molar refractivity (Wildman–Crippen MR) is 122 cm³/mol. The molecule has 1 atom stereocenters. The zero-order valence-electron chi connectivity index (χ0n) is 17.5. The van der Waals surface area contributed by atoms with E-state index in [-0.39, 0.29) is 6.10 Å². The molecule has 8 nitrogen and oxygen atoms in total. The van der Waals surface area contributed by atoms with E-state index in [2.05, 4.69) is 49.0 Å². The number of para-hydroxylation sites is 1. The van der Waals surface area contributed by atoms with Gasteiger partial charge in [-0.3, -0.25) is 0 Å². The molecule has 9 heteroatoms. The van der Waals surface area contributed by atoms with Gasteiger partial charge in [0.05, 0.1) is 11.6 Å². The number of ether oxygens (including phenoxy) is 1. The summed E-state index contributed by atoms with van der Waals surface area (Å²) in [4.78, 5) is 9.03. The third-order valence-electron chi connectivity index (χ3n) is 5.30. The molecular formula is C23H22ClN7O. The smallest absolute Gasteiger partial charge is 0.227 e. The summed E-state index contributed by atoms with van der Waals surface area (Å²) in [5.41, 5.74) is 4.20. The van der Waals surface area contributed by atoms with Gasteiger partial charge in [0.25, 0.3) is 0 Å². The van der Waals surface area contributed by atoms with Gasteiger partial charge < -0.3 is 10.1 Å². The summed E-state index contributed by atoms with van der Waals surface area (Å²) in [7, 11) is 0. The summed E-state index contributed by atoms with van der Waals surface area (Å²) in [5.74, 6) is 1.81. The lowest BCUT2D eigenvalue weighted by atomic mass is 10.1. The van der Waals surface area contributed by atoms with Crippen molar-refractivity contribution in [3.63, 3.8) is 0 Å². The highest BCUT2D eigenvalue weighted by Crippen LogP contribution is 2.43. The molecule has 32 heavy (non-hydrogen) atoms. The molecule has 0 aliphatic heterocycles. The van der Waals surface area contributed by atoms with Gasteiger partial charge in [-0.1, -0.05) is 35.9 Å². The first-order valence-corrected chi connectivity index (χ1v) is 10.9. The van der Waals surface area contributed by atoms with E-state index in [4.69, 9.17) is 16.3 Å². The SMILES string of the molecule is C[C@@H](Cn1cnnn1)Oc1cc(-c2cnc(Nc3ccccc3C3CC3)nc2)ccc1Cl. The Balaban J connectivity index is 1.30. The lowest BCUT2D eigenvalue weighted by Crippen LogP contribution is -2.20. The Labute approximate surface area is 190 Å². The Kier molecular flexibility index (Phi) is 5.68. The maximum Gasteiger partial charge on any atom is 0.227 e. The Morgan fingerprint density at radius 1 is 1.12 bits per heavy atom. The number of nitrogens with zero attached hydrogens (tertiary/aromatic N) is 6. The Bertz CT molecular complexity index is 1190. The number of aromatic nitrogens is 6. The molecule has 0 saturated heterocycles. The molecule has 2 heterocycles. The van der Waals surface area contributed by atoms with E-state index < -0.39 is 0 Å². The number of rotatable bonds is 8. The number of tetrazole rings is 1. The van der Waals surface area contributed by atoms with Gasteiger partial charge in [0.2, 0.25) is 5.95 Å². The van der Waals surface area contributed by atoms with Crippen LogP contribution in [0, 0.1) is 0 Å². The van der Waals surface area contributed by atoms with Gasteiger partial charge in [-0.15, -0.1) is 5.10 Å². The minimum Gasteiger partial charge on any atom is -0.487 e. The van der Waals surface area contributed by atoms with Gasteiger partial charge in [0.15, 0.2) is 0 Å². The highest BCUT2D eigenvalue weighted by molar-refractivity contribution is 6.32. The summed E-state index contributed by atoms with van der Waals surface area (Å²) < 4.78 is 7.64. The topological polar surface area (TPSA) is 90.6 Å². The zero-order chi connectivity index (χ0) is 21.9. The molecule has 1 fully saturated rings. The van der Waals surface area contributed by atoms with Gasteiger partial charge in [-0.2, -0.15) is 0 Å². The fraction of sp³-hybridized carbons (Fsp3) is 0.261. The van der Waals surface area contributed by atoms with E-state index in [0.29, 0.717) is 29.2 Å². The number of halogens is 1. The van der Waals surface area contributed by atoms with Crippen molar-refractivity contribution in [3.8, 4) is 16.9 Å². The van der Waals surface area contributed by atoms with E-state index in [1.807, 2.05) is 31.2 Å². The van der Waals surface area contributed by atoms with Crippen LogP contribution in [0.4, 0.5) is 11.6 Å². The molecule has 0 spiro atoms. The van der Waals surface area contributed by atoms with Crippen LogP contribution in [0.15, 0.2) is 61.2 Å². The average Bonchev–Trinajstić information content (AvgIpc) is 3.53. The van der Waals surface area contributed by atoms with E-state index in [1.54, 1.807) is 23.4 Å². The van der Waals surface area contributed by atoms with E-state index in [9.17, 15) is 0 Å². The summed E-state index contributed by atoms with van der Waals surface area (Å²) in [6, 6.07) is 14.0. The third kappa shape index (κ3) is 4.70. The van der Waals surface area contributed by atoms with Crippen molar-refractivity contribution in [2.24, 2.45) is 0 Å². The largest absolute Gasteiger partial charge is 0.487 e. The number of benzene rings is 2. The zero-order valence-corrected chi connectivity index (χ0v) is 18.3.